The molecule has 0 fully saturated rings. The molecule has 1 aromatic carbocycles. The van der Waals surface area contributed by atoms with Gasteiger partial charge in [0.15, 0.2) is 5.78 Å². The summed E-state index contributed by atoms with van der Waals surface area (Å²) in [7, 11) is 0. The summed E-state index contributed by atoms with van der Waals surface area (Å²) in [5.74, 6) is -0.531. The van der Waals surface area contributed by atoms with Crippen LogP contribution in [0, 0.1) is 31.1 Å². The zero-order valence-corrected chi connectivity index (χ0v) is 10.1. The van der Waals surface area contributed by atoms with Crippen LogP contribution in [0.25, 0.3) is 0 Å². The number of carbonyl (C=O) groups excluding carboxylic acids is 1. The van der Waals surface area contributed by atoms with Crippen molar-refractivity contribution in [2.75, 3.05) is 0 Å². The molecule has 84 valence electrons. The van der Waals surface area contributed by atoms with Gasteiger partial charge in [-0.25, -0.2) is 0 Å². The minimum absolute atomic E-state index is 0.0365. The van der Waals surface area contributed by atoms with Gasteiger partial charge in [-0.15, -0.1) is 0 Å². The molecule has 1 unspecified atom stereocenters. The van der Waals surface area contributed by atoms with E-state index in [4.69, 9.17) is 5.26 Å². The van der Waals surface area contributed by atoms with Crippen LogP contribution >= 0.6 is 0 Å². The molecule has 0 amide bonds. The predicted octanol–water partition coefficient (Wildman–Crippen LogP) is 3.43. The maximum absolute atomic E-state index is 12.1. The quantitative estimate of drug-likeness (QED) is 0.722. The lowest BCUT2D eigenvalue weighted by atomic mass is 9.91. The topological polar surface area (TPSA) is 40.9 Å². The molecule has 0 aliphatic carbocycles. The van der Waals surface area contributed by atoms with E-state index in [0.29, 0.717) is 12.0 Å². The van der Waals surface area contributed by atoms with Crippen LogP contribution in [0.4, 0.5) is 0 Å². The third-order valence-corrected chi connectivity index (χ3v) is 2.92. The molecule has 2 heteroatoms. The average molecular weight is 215 g/mol. The van der Waals surface area contributed by atoms with Crippen molar-refractivity contribution in [2.45, 2.75) is 33.6 Å². The van der Waals surface area contributed by atoms with Gasteiger partial charge < -0.3 is 0 Å². The highest BCUT2D eigenvalue weighted by molar-refractivity contribution is 6.00. The van der Waals surface area contributed by atoms with Crippen molar-refractivity contribution < 1.29 is 4.79 Å². The van der Waals surface area contributed by atoms with Gasteiger partial charge in [0, 0.05) is 5.56 Å². The van der Waals surface area contributed by atoms with E-state index in [1.165, 1.54) is 0 Å². The number of ketones is 1. The second-order valence-electron chi connectivity index (χ2n) is 4.08. The van der Waals surface area contributed by atoms with Crippen LogP contribution in [0.3, 0.4) is 0 Å². The average Bonchev–Trinajstić information content (AvgIpc) is 2.29. The van der Waals surface area contributed by atoms with E-state index in [1.54, 1.807) is 0 Å². The van der Waals surface area contributed by atoms with Crippen molar-refractivity contribution in [2.24, 2.45) is 5.92 Å². The summed E-state index contributed by atoms with van der Waals surface area (Å²) < 4.78 is 0. The third kappa shape index (κ3) is 2.49. The minimum Gasteiger partial charge on any atom is -0.293 e. The van der Waals surface area contributed by atoms with Crippen LogP contribution in [0.5, 0.6) is 0 Å². The summed E-state index contributed by atoms with van der Waals surface area (Å²) in [6.07, 6.45) is 1.50. The Morgan fingerprint density at radius 3 is 2.69 bits per heavy atom. The van der Waals surface area contributed by atoms with Crippen LogP contribution in [0.2, 0.25) is 0 Å². The van der Waals surface area contributed by atoms with E-state index in [2.05, 4.69) is 6.07 Å². The molecular formula is C14H17NO. The van der Waals surface area contributed by atoms with E-state index >= 15 is 0 Å². The molecule has 0 spiro atoms. The van der Waals surface area contributed by atoms with Gasteiger partial charge in [0.25, 0.3) is 0 Å². The molecule has 0 N–H and O–H groups in total. The smallest absolute Gasteiger partial charge is 0.180 e. The van der Waals surface area contributed by atoms with Gasteiger partial charge in [-0.3, -0.25) is 4.79 Å². The zero-order valence-electron chi connectivity index (χ0n) is 10.1. The molecule has 0 saturated heterocycles. The minimum atomic E-state index is -0.495. The molecule has 2 nitrogen and oxygen atoms in total. The molecule has 0 aromatic heterocycles. The van der Waals surface area contributed by atoms with Gasteiger partial charge in [-0.1, -0.05) is 31.5 Å². The van der Waals surface area contributed by atoms with Crippen molar-refractivity contribution in [3.63, 3.8) is 0 Å². The van der Waals surface area contributed by atoms with E-state index in [9.17, 15) is 4.79 Å². The number of hydrogen-bond donors (Lipinski definition) is 0. The Kier molecular flexibility index (Phi) is 4.25. The Balaban J connectivity index is 3.05. The summed E-state index contributed by atoms with van der Waals surface area (Å²) in [5, 5.41) is 8.98. The standard InChI is InChI=1S/C14H17NO/c1-4-6-12(9-15)14(16)13-8-5-7-10(2)11(13)3/h5,7-8,12H,4,6H2,1-3H3. The van der Waals surface area contributed by atoms with Crippen LogP contribution in [-0.2, 0) is 0 Å². The Morgan fingerprint density at radius 1 is 1.44 bits per heavy atom. The lowest BCUT2D eigenvalue weighted by molar-refractivity contribution is 0.0943. The van der Waals surface area contributed by atoms with Crippen LogP contribution < -0.4 is 0 Å². The van der Waals surface area contributed by atoms with E-state index in [-0.39, 0.29) is 5.78 Å². The van der Waals surface area contributed by atoms with Gasteiger partial charge in [0.2, 0.25) is 0 Å². The lowest BCUT2D eigenvalue weighted by Crippen LogP contribution is -2.14. The van der Waals surface area contributed by atoms with Gasteiger partial charge in [0.05, 0.1) is 6.07 Å². The first-order valence-corrected chi connectivity index (χ1v) is 5.61. The molecule has 0 aliphatic heterocycles. The number of hydrogen-bond acceptors (Lipinski definition) is 2. The van der Waals surface area contributed by atoms with Gasteiger partial charge >= 0.3 is 0 Å². The summed E-state index contributed by atoms with van der Waals surface area (Å²) >= 11 is 0. The Morgan fingerprint density at radius 2 is 2.12 bits per heavy atom. The van der Waals surface area contributed by atoms with Gasteiger partial charge in [-0.05, 0) is 31.4 Å². The predicted molar refractivity (Wildman–Crippen MR) is 64.3 cm³/mol. The molecule has 0 aliphatic rings. The fraction of sp³-hybridized carbons (Fsp3) is 0.429. The summed E-state index contributed by atoms with van der Waals surface area (Å²) in [5.41, 5.74) is 2.78. The Bertz CT molecular complexity index is 429. The summed E-state index contributed by atoms with van der Waals surface area (Å²) in [6.45, 7) is 5.90. The van der Waals surface area contributed by atoms with Gasteiger partial charge in [0.1, 0.15) is 5.92 Å². The lowest BCUT2D eigenvalue weighted by Gasteiger charge is -2.10. The highest BCUT2D eigenvalue weighted by atomic mass is 16.1. The van der Waals surface area contributed by atoms with E-state index in [0.717, 1.165) is 17.5 Å². The number of aryl methyl sites for hydroxylation is 1. The first-order valence-electron chi connectivity index (χ1n) is 5.61. The van der Waals surface area contributed by atoms with Crippen LogP contribution in [-0.4, -0.2) is 5.78 Å². The van der Waals surface area contributed by atoms with Crippen LogP contribution in [0.15, 0.2) is 18.2 Å². The Labute approximate surface area is 96.9 Å². The fourth-order valence-corrected chi connectivity index (χ4v) is 1.75. The molecule has 0 bridgehead atoms. The fourth-order valence-electron chi connectivity index (χ4n) is 1.75. The summed E-state index contributed by atoms with van der Waals surface area (Å²) in [4.78, 5) is 12.1. The zero-order chi connectivity index (χ0) is 12.1. The highest BCUT2D eigenvalue weighted by Crippen LogP contribution is 2.19. The first-order chi connectivity index (χ1) is 7.61. The van der Waals surface area contributed by atoms with Crippen molar-refractivity contribution in [3.8, 4) is 6.07 Å². The molecule has 16 heavy (non-hydrogen) atoms. The first kappa shape index (κ1) is 12.4. The number of rotatable bonds is 4. The number of carbonyl (C=O) groups is 1. The molecule has 1 atom stereocenters. The molecule has 1 rings (SSSR count). The molecule has 0 heterocycles. The molecular weight excluding hydrogens is 198 g/mol. The second kappa shape index (κ2) is 5.46. The van der Waals surface area contributed by atoms with Crippen LogP contribution in [0.1, 0.15) is 41.3 Å². The molecule has 0 radical (unpaired) electrons. The number of nitriles is 1. The maximum Gasteiger partial charge on any atom is 0.180 e. The number of nitrogens with zero attached hydrogens (tertiary/aromatic N) is 1. The SMILES string of the molecule is CCCC(C#N)C(=O)c1cccc(C)c1C. The van der Waals surface area contributed by atoms with Crippen molar-refractivity contribution >= 4 is 5.78 Å². The third-order valence-electron chi connectivity index (χ3n) is 2.92. The van der Waals surface area contributed by atoms with E-state index in [1.807, 2.05) is 39.0 Å². The second-order valence-corrected chi connectivity index (χ2v) is 4.08. The largest absolute Gasteiger partial charge is 0.293 e. The van der Waals surface area contributed by atoms with Gasteiger partial charge in [-0.2, -0.15) is 5.26 Å². The number of benzene rings is 1. The molecule has 1 aromatic rings. The maximum atomic E-state index is 12.1. The monoisotopic (exact) mass is 215 g/mol. The highest BCUT2D eigenvalue weighted by Gasteiger charge is 2.20. The van der Waals surface area contributed by atoms with Crippen molar-refractivity contribution in [1.29, 1.82) is 5.26 Å². The number of Topliss-reactive ketones (excluding diaryl/α,β-unsaturated/α-hetero) is 1. The Hall–Kier alpha value is -1.62. The van der Waals surface area contributed by atoms with E-state index < -0.39 is 5.92 Å². The van der Waals surface area contributed by atoms with Crippen molar-refractivity contribution in [3.05, 3.63) is 34.9 Å². The molecule has 0 saturated carbocycles. The normalized spacial score (nSPS) is 11.9. The van der Waals surface area contributed by atoms with Crippen molar-refractivity contribution in [1.82, 2.24) is 0 Å². The summed E-state index contributed by atoms with van der Waals surface area (Å²) in [6, 6.07) is 7.76.